The van der Waals surface area contributed by atoms with Crippen LogP contribution < -0.4 is 61.3 Å². The molecule has 0 aromatic rings. The van der Waals surface area contributed by atoms with Crippen LogP contribution in [0.1, 0.15) is 51.4 Å². The van der Waals surface area contributed by atoms with Crippen molar-refractivity contribution >= 4 is 208 Å². The van der Waals surface area contributed by atoms with Gasteiger partial charge in [0.05, 0.1) is 23.9 Å². The van der Waals surface area contributed by atoms with Crippen LogP contribution >= 0.6 is 0 Å². The van der Waals surface area contributed by atoms with E-state index in [4.69, 9.17) is 28.9 Å². The van der Waals surface area contributed by atoms with Gasteiger partial charge in [-0.1, -0.05) is 0 Å². The fourth-order valence-electron chi connectivity index (χ4n) is 2.74. The molecule has 0 saturated carbocycles. The van der Waals surface area contributed by atoms with Gasteiger partial charge < -0.3 is 139 Å². The van der Waals surface area contributed by atoms with E-state index in [1.165, 1.54) is 0 Å². The Hall–Kier alpha value is -0.0291. The Morgan fingerprint density at radius 1 is 0.262 bits per heavy atom. The van der Waals surface area contributed by atoms with E-state index in [0.29, 0.717) is 74.2 Å². The minimum absolute atomic E-state index is 0. The molecule has 0 aromatic carbocycles. The SMILES string of the molecule is O=C([O-])CC(O)(CC(=O)[O-])C(=O)[O-].O=C([O-])CC(O)(CC(=O)[O-])C(=O)[O-].O=C([O-])CC(O)(CC(=O)[O-])C(=O)[O-].O=C([O-])CC(O)(CC(=O)[O-])C(=O)[O-].[O]=[Zr+2].[O]=[Zr+2].[O]=[Zr+2].[Sr+2].[Sr+2].[Sr+2]. The van der Waals surface area contributed by atoms with Crippen molar-refractivity contribution in [3.05, 3.63) is 0 Å². The maximum absolute atomic E-state index is 10.1. The third-order valence-electron chi connectivity index (χ3n) is 5.01. The zero-order valence-electron chi connectivity index (χ0n) is 30.1. The normalized spacial score (nSPS) is 9.54. The van der Waals surface area contributed by atoms with E-state index in [0.717, 1.165) is 0 Å². The zero-order chi connectivity index (χ0) is 48.6. The first-order valence-electron chi connectivity index (χ1n) is 13.1. The first kappa shape index (κ1) is 84.4. The molecular weight excluding hydrogens is 1320 g/mol. The van der Waals surface area contributed by atoms with E-state index in [1.54, 1.807) is 0 Å². The zero-order valence-corrected chi connectivity index (χ0v) is 47.9. The molecule has 320 valence electrons. The van der Waals surface area contributed by atoms with Gasteiger partial charge in [-0.3, -0.25) is 0 Å². The summed E-state index contributed by atoms with van der Waals surface area (Å²) in [4.78, 5) is 120. The Morgan fingerprint density at radius 3 is 0.361 bits per heavy atom. The van der Waals surface area contributed by atoms with Crippen LogP contribution in [0.4, 0.5) is 0 Å². The number of hydrogen-bond acceptors (Lipinski definition) is 31. The number of carbonyl (C=O) groups is 12. The van der Waals surface area contributed by atoms with Crippen LogP contribution in [0.5, 0.6) is 0 Å². The Kier molecular flexibility index (Phi) is 62.5. The maximum atomic E-state index is 10.1. The first-order valence-corrected chi connectivity index (χ1v) is 16.1. The Morgan fingerprint density at radius 2 is 0.328 bits per heavy atom. The van der Waals surface area contributed by atoms with Crippen molar-refractivity contribution in [2.45, 2.75) is 73.8 Å². The molecule has 0 amide bonds. The van der Waals surface area contributed by atoms with Crippen molar-refractivity contribution in [1.29, 1.82) is 0 Å². The summed E-state index contributed by atoms with van der Waals surface area (Å²) in [6.07, 6.45) is -10.9. The summed E-state index contributed by atoms with van der Waals surface area (Å²) < 4.78 is 25.0. The molecule has 0 aliphatic carbocycles. The Bertz CT molecular complexity index is 1200. The van der Waals surface area contributed by atoms with Gasteiger partial charge in [0.1, 0.15) is 22.4 Å². The molecule has 31 nitrogen and oxygen atoms in total. The number of aliphatic carboxylic acids is 12. The van der Waals surface area contributed by atoms with E-state index in [9.17, 15) is 119 Å². The molecular formula is C24H20O31Sr3Zr3. The largest absolute Gasteiger partial charge is 2.00 e. The summed E-state index contributed by atoms with van der Waals surface area (Å²) in [5.74, 6) is -23.9. The summed E-state index contributed by atoms with van der Waals surface area (Å²) in [6.45, 7) is 0. The molecule has 0 spiro atoms. The van der Waals surface area contributed by atoms with Crippen molar-refractivity contribution < 1.29 is 222 Å². The number of aliphatic hydroxyl groups is 4. The molecule has 0 aliphatic heterocycles. The van der Waals surface area contributed by atoms with Gasteiger partial charge in [0.25, 0.3) is 0 Å². The second-order valence-electron chi connectivity index (χ2n) is 9.67. The molecule has 61 heavy (non-hydrogen) atoms. The monoisotopic (exact) mass is 1340 g/mol. The quantitative estimate of drug-likeness (QED) is 0.0822. The van der Waals surface area contributed by atoms with Gasteiger partial charge in [-0.25, -0.2) is 0 Å². The van der Waals surface area contributed by atoms with E-state index in [1.807, 2.05) is 0 Å². The summed E-state index contributed by atoms with van der Waals surface area (Å²) in [5, 5.41) is 156. The number of carboxylic acid groups (broad SMARTS) is 12. The molecule has 0 saturated heterocycles. The molecule has 0 aromatic heterocycles. The average Bonchev–Trinajstić information content (AvgIpc) is 3.01. The molecule has 37 heteroatoms. The molecule has 0 radical (unpaired) electrons. The fourth-order valence-corrected chi connectivity index (χ4v) is 2.74. The van der Waals surface area contributed by atoms with Crippen LogP contribution in [0.3, 0.4) is 0 Å². The third-order valence-corrected chi connectivity index (χ3v) is 5.01. The summed E-state index contributed by atoms with van der Waals surface area (Å²) in [6, 6.07) is 0. The topological polar surface area (TPSA) is 614 Å². The Balaban J connectivity index is -0.0000000670. The van der Waals surface area contributed by atoms with Crippen LogP contribution in [-0.4, -0.2) is 251 Å². The van der Waals surface area contributed by atoms with Gasteiger partial charge in [0.2, 0.25) is 0 Å². The van der Waals surface area contributed by atoms with Gasteiger partial charge in [-0.2, -0.15) is 0 Å². The van der Waals surface area contributed by atoms with Crippen molar-refractivity contribution in [3.63, 3.8) is 0 Å². The fraction of sp³-hybridized carbons (Fsp3) is 0.500. The van der Waals surface area contributed by atoms with Crippen molar-refractivity contribution in [2.75, 3.05) is 0 Å². The summed E-state index contributed by atoms with van der Waals surface area (Å²) in [7, 11) is 0. The molecule has 0 atom stereocenters. The van der Waals surface area contributed by atoms with Crippen LogP contribution in [0.25, 0.3) is 0 Å². The van der Waals surface area contributed by atoms with Crippen LogP contribution in [0.15, 0.2) is 0 Å². The minimum atomic E-state index is -2.97. The summed E-state index contributed by atoms with van der Waals surface area (Å²) in [5.41, 5.74) is -11.9. The van der Waals surface area contributed by atoms with E-state index >= 15 is 0 Å². The minimum Gasteiger partial charge on any atom is 2.00 e. The molecule has 4 N–H and O–H groups in total. The van der Waals surface area contributed by atoms with Crippen LogP contribution in [0.2, 0.25) is 0 Å². The van der Waals surface area contributed by atoms with Crippen LogP contribution in [-0.2, 0) is 140 Å². The average molecular weight is 1340 g/mol. The predicted octanol–water partition coefficient (Wildman–Crippen LogP) is -22.5. The Labute approximate surface area is 495 Å². The third kappa shape index (κ3) is 49.2. The molecule has 0 rings (SSSR count). The smallest absolute Gasteiger partial charge is 2.00 e. The second-order valence-corrected chi connectivity index (χ2v) is 9.67. The van der Waals surface area contributed by atoms with E-state index in [-0.39, 0.29) is 136 Å². The van der Waals surface area contributed by atoms with Crippen molar-refractivity contribution in [3.8, 4) is 0 Å². The number of rotatable bonds is 20. The van der Waals surface area contributed by atoms with Crippen molar-refractivity contribution in [1.82, 2.24) is 0 Å². The van der Waals surface area contributed by atoms with Gasteiger partial charge in [0, 0.05) is 99.1 Å². The van der Waals surface area contributed by atoms with Gasteiger partial charge in [0.15, 0.2) is 0 Å². The number of hydrogen-bond donors (Lipinski definition) is 4. The maximum Gasteiger partial charge on any atom is 2.00 e. The standard InChI is InChI=1S/4C6H8O7.3O.3Sr.3Zr/c4*7-3(8)1-6(13,5(11)12)2-4(9)10;;;;;;;;;/h4*13H,1-2H2,(H,7,8)(H,9,10)(H,11,12);;;;;;;;;/q;;;;;;;6*+2/p-12. The van der Waals surface area contributed by atoms with Crippen molar-refractivity contribution in [2.24, 2.45) is 0 Å². The molecule has 0 heterocycles. The molecule has 0 fully saturated rings. The van der Waals surface area contributed by atoms with E-state index in [2.05, 4.69) is 0 Å². The molecule has 0 bridgehead atoms. The molecule has 0 aliphatic rings. The number of carboxylic acids is 12. The van der Waals surface area contributed by atoms with Gasteiger partial charge >= 0.3 is 219 Å². The number of carbonyl (C=O) groups excluding carboxylic acids is 12. The van der Waals surface area contributed by atoms with E-state index < -0.39 is 145 Å². The van der Waals surface area contributed by atoms with Gasteiger partial charge in [-0.15, -0.1) is 0 Å². The summed E-state index contributed by atoms with van der Waals surface area (Å²) >= 11 is 0.900. The van der Waals surface area contributed by atoms with Gasteiger partial charge in [-0.05, 0) is 0 Å². The first-order chi connectivity index (χ1) is 26.1. The van der Waals surface area contributed by atoms with Crippen LogP contribution in [0, 0.1) is 0 Å². The molecule has 0 unspecified atom stereocenters. The second kappa shape index (κ2) is 45.1. The predicted molar refractivity (Wildman–Crippen MR) is 136 cm³/mol.